The van der Waals surface area contributed by atoms with Gasteiger partial charge in [0.05, 0.1) is 54.0 Å². The van der Waals surface area contributed by atoms with Crippen LogP contribution in [0.4, 0.5) is 39.5 Å². The van der Waals surface area contributed by atoms with Crippen LogP contribution in [-0.4, -0.2) is 161 Å². The Morgan fingerprint density at radius 3 is 0.980 bits per heavy atom. The number of sulfone groups is 4. The van der Waals surface area contributed by atoms with Gasteiger partial charge in [-0.2, -0.15) is 13.1 Å². The zero-order valence-corrected chi connectivity index (χ0v) is 85.4. The number of hydrogen-bond donors (Lipinski definition) is 5. The zero-order valence-electron chi connectivity index (χ0n) is 81.3. The van der Waals surface area contributed by atoms with Crippen LogP contribution in [-0.2, 0) is 168 Å². The molecule has 40 heteroatoms. The summed E-state index contributed by atoms with van der Waals surface area (Å²) in [5, 5.41) is 49.3. The van der Waals surface area contributed by atoms with Crippen molar-refractivity contribution >= 4 is 134 Å². The van der Waals surface area contributed by atoms with E-state index in [-0.39, 0.29) is 85.2 Å². The van der Waals surface area contributed by atoms with E-state index in [1.807, 2.05) is 59.7 Å². The number of carboxylic acids is 5. The van der Waals surface area contributed by atoms with Crippen molar-refractivity contribution in [3.63, 3.8) is 0 Å². The van der Waals surface area contributed by atoms with Crippen LogP contribution < -0.4 is 0 Å². The maximum absolute atomic E-state index is 14.7. The summed E-state index contributed by atoms with van der Waals surface area (Å²) in [5.41, 5.74) is 16.8. The van der Waals surface area contributed by atoms with Crippen molar-refractivity contribution in [2.24, 2.45) is 0 Å². The highest BCUT2D eigenvalue weighted by Gasteiger charge is 2.48. The first-order valence-electron chi connectivity index (χ1n) is 46.4. The minimum atomic E-state index is -4.03. The minimum Gasteiger partial charge on any atom is -0.480 e. The van der Waals surface area contributed by atoms with E-state index in [0.29, 0.717) is 150 Å². The van der Waals surface area contributed by atoms with Gasteiger partial charge in [-0.15, -0.1) is 0 Å². The van der Waals surface area contributed by atoms with Gasteiger partial charge in [-0.1, -0.05) is 44.2 Å². The Kier molecular flexibility index (Phi) is 28.3. The molecule has 5 aromatic heterocycles. The van der Waals surface area contributed by atoms with Gasteiger partial charge < -0.3 is 48.4 Å². The molecule has 0 aliphatic carbocycles. The largest absolute Gasteiger partial charge is 0.480 e. The van der Waals surface area contributed by atoms with E-state index < -0.39 is 143 Å². The molecule has 772 valence electrons. The maximum Gasteiger partial charge on any atom is 0.323 e. The quantitative estimate of drug-likeness (QED) is 0.0442. The molecule has 0 saturated carbocycles. The first kappa shape index (κ1) is 106. The fourth-order valence-electron chi connectivity index (χ4n) is 20.9. The number of sulfonamides is 1. The molecule has 5 N–H and O–H groups in total. The first-order chi connectivity index (χ1) is 68.6. The van der Waals surface area contributed by atoms with Crippen molar-refractivity contribution in [1.29, 1.82) is 0 Å². The number of fused-ring (bicyclic) bond motifs is 10. The number of aliphatic carboxylic acids is 5. The summed E-state index contributed by atoms with van der Waals surface area (Å²) in [6.45, 7) is 15.6. The van der Waals surface area contributed by atoms with Gasteiger partial charge >= 0.3 is 29.8 Å². The Hall–Kier alpha value is -13.7. The van der Waals surface area contributed by atoms with E-state index in [2.05, 4.69) is 0 Å². The van der Waals surface area contributed by atoms with Crippen molar-refractivity contribution in [1.82, 2.24) is 27.1 Å². The fourth-order valence-corrected chi connectivity index (χ4v) is 29.4. The highest BCUT2D eigenvalue weighted by atomic mass is 32.2. The van der Waals surface area contributed by atoms with Gasteiger partial charge in [0.1, 0.15) is 61.8 Å². The lowest BCUT2D eigenvalue weighted by molar-refractivity contribution is -0.138. The maximum atomic E-state index is 14.7. The van der Waals surface area contributed by atoms with Crippen molar-refractivity contribution in [3.8, 4) is 0 Å². The van der Waals surface area contributed by atoms with Crippen LogP contribution in [0, 0.1) is 84.5 Å². The number of carbonyl (C=O) groups is 5. The smallest absolute Gasteiger partial charge is 0.323 e. The number of nitrogens with zero attached hydrogens (tertiary/aromatic N) is 6. The van der Waals surface area contributed by atoms with Gasteiger partial charge in [0.15, 0.2) is 39.3 Å². The van der Waals surface area contributed by atoms with E-state index >= 15 is 0 Å². The number of hydrogen-bond acceptors (Lipinski definition) is 15. The molecule has 0 fully saturated rings. The third kappa shape index (κ3) is 20.7. The molecule has 0 bridgehead atoms. The summed E-state index contributed by atoms with van der Waals surface area (Å²) in [4.78, 5) is 56.9. The van der Waals surface area contributed by atoms with Crippen LogP contribution in [0.1, 0.15) is 149 Å². The summed E-state index contributed by atoms with van der Waals surface area (Å²) in [6.07, 6.45) is 1.90. The lowest BCUT2D eigenvalue weighted by Crippen LogP contribution is -2.43. The summed E-state index contributed by atoms with van der Waals surface area (Å²) < 4.78 is 260. The summed E-state index contributed by atoms with van der Waals surface area (Å²) in [7, 11) is -16.3. The van der Waals surface area contributed by atoms with E-state index in [1.54, 1.807) is 94.5 Å². The molecule has 10 aromatic carbocycles. The molecular weight excluding hydrogens is 2020 g/mol. The molecule has 5 aliphatic rings. The van der Waals surface area contributed by atoms with Crippen LogP contribution in [0.5, 0.6) is 0 Å². The molecule has 26 nitrogen and oxygen atoms in total. The number of aromatic nitrogens is 5. The third-order valence-electron chi connectivity index (χ3n) is 28.5. The van der Waals surface area contributed by atoms with E-state index in [4.69, 9.17) is 0 Å². The predicted octanol–water partition coefficient (Wildman–Crippen LogP) is 18.5. The average molecular weight is 2120 g/mol. The lowest BCUT2D eigenvalue weighted by atomic mass is 9.85. The number of rotatable bonds is 20. The van der Waals surface area contributed by atoms with Gasteiger partial charge in [0.25, 0.3) is 11.8 Å². The van der Waals surface area contributed by atoms with Crippen LogP contribution in [0.3, 0.4) is 0 Å². The molecule has 5 aliphatic heterocycles. The summed E-state index contributed by atoms with van der Waals surface area (Å²) >= 11 is 0. The molecule has 0 amide bonds. The lowest BCUT2D eigenvalue weighted by Gasteiger charge is -2.32. The van der Waals surface area contributed by atoms with E-state index in [1.165, 1.54) is 102 Å². The molecule has 147 heavy (non-hydrogen) atoms. The summed E-state index contributed by atoms with van der Waals surface area (Å²) in [5.74, 6) is -14.1. The highest BCUT2D eigenvalue weighted by molar-refractivity contribution is 7.92. The van der Waals surface area contributed by atoms with E-state index in [9.17, 15) is 131 Å². The second-order valence-corrected chi connectivity index (χ2v) is 48.8. The number of halogens is 9. The first-order valence-corrected chi connectivity index (χ1v) is 54.4. The Bertz CT molecular complexity index is 8760. The van der Waals surface area contributed by atoms with Crippen molar-refractivity contribution < 1.29 is 131 Å². The van der Waals surface area contributed by atoms with Crippen LogP contribution in [0.15, 0.2) is 188 Å². The molecule has 0 radical (unpaired) electrons. The molecule has 15 aromatic rings. The number of alkyl halides is 4. The van der Waals surface area contributed by atoms with Gasteiger partial charge in [-0.3, -0.25) is 24.0 Å². The SMILES string of the molecule is Cc1c(Cc2ccc3c(c2)C(C)(C)CS3(=O)=O)c2cc(F)ccc2n1CC(=O)O.Cc1c(Cc2ccc3c(c2)CCS3(=O)=O)c2cc(F)ccc2n1CC(=O)O.Cc1cc2c(cc1Cc1c(C)n(CC(=O)O)c3ccc(F)cc13)C(F)(F)CCS2(=O)=O.Cc1cc2c(cc1Cc1c(C)n(CC(=O)O)c3ccc(F)cc13)C(F)(F)CN(C)S2(=O)=O.Cc1cc2c(cc1Cc1c(C)n(CC(=O)O)c3ccc(F)cc13)CCS2(=O)=O. The fraction of sp³-hybridized carbons (Fsp3) is 0.299. The third-order valence-corrected chi connectivity index (χ3v) is 37.8. The van der Waals surface area contributed by atoms with Crippen LogP contribution >= 0.6 is 0 Å². The second-order valence-electron chi connectivity index (χ2n) is 38.6. The molecule has 0 spiro atoms. The summed E-state index contributed by atoms with van der Waals surface area (Å²) in [6, 6.07) is 40.4. The van der Waals surface area contributed by atoms with Gasteiger partial charge in [0.2, 0.25) is 10.0 Å². The highest BCUT2D eigenvalue weighted by Crippen LogP contribution is 2.48. The number of benzene rings is 10. The molecule has 0 saturated heterocycles. The minimum absolute atomic E-state index is 0.0843. The topological polar surface area (TPSA) is 385 Å². The molecule has 20 rings (SSSR count). The van der Waals surface area contributed by atoms with Crippen molar-refractivity contribution in [2.75, 3.05) is 36.6 Å². The van der Waals surface area contributed by atoms with E-state index in [0.717, 1.165) is 79.8 Å². The van der Waals surface area contributed by atoms with Crippen molar-refractivity contribution in [3.05, 3.63) is 321 Å². The number of likely N-dealkylation sites (N-methyl/N-ethyl adjacent to an activating group) is 1. The predicted molar refractivity (Wildman–Crippen MR) is 533 cm³/mol. The standard InChI is InChI=1S/C22H21F3N2O4S.C22H20F3NO4S.C22H22FNO4S.C21H20FNO4S.C20H18FNO4S/c1-12-6-20-18(22(24,25)11-26(3)32(20,30)31)8-14(12)7-16-13(2)27(10-21(28)29)19-5-4-15(23)9-17(16)19;1-12-7-20-18(22(24,25)5-6-31(20,29)30)9-14(12)8-16-13(2)26(11-21(27)28)19-4-3-15(23)10-17(16)19;1-13-16(17-10-15(23)5-6-19(17)24(13)11-21(25)26)8-14-4-7-20-18(9-14)22(2,3)12-29(20,27)28;1-12-7-20-14(5-6-28(20,26)27)8-15(12)9-17-13(2)23(11-21(24)25)19-4-3-16(22)10-18(17)19;1-12-16(9-13-2-5-19-14(8-13)6-7-27(19,25)26)17-10-15(21)3-4-18(17)22(12)11-20(23)24/h4-6,8-9H,7,10-11H2,1-3H3,(H,28,29);3-4,7,9-10H,5-6,8,11H2,1-2H3,(H,27,28);4-7,9-10H,8,11-12H2,1-3H3,(H,25,26);3-4,7-8,10H,5-6,9,11H2,1-2H3,(H,24,25);2-5,8,10H,6-7,9,11H2,1H3,(H,23,24). The van der Waals surface area contributed by atoms with Crippen LogP contribution in [0.25, 0.3) is 54.5 Å². The zero-order chi connectivity index (χ0) is 107. The Balaban J connectivity index is 0.000000131. The van der Waals surface area contributed by atoms with Gasteiger partial charge in [-0.05, 0) is 304 Å². The monoisotopic (exact) mass is 2120 g/mol. The number of carboxylic acid groups (broad SMARTS) is 5. The van der Waals surface area contributed by atoms with Crippen molar-refractivity contribution in [2.45, 2.75) is 195 Å². The van der Waals surface area contributed by atoms with Gasteiger partial charge in [0, 0.05) is 132 Å². The molecular formula is C107H101F9N6O20S5. The van der Waals surface area contributed by atoms with Crippen LogP contribution in [0.2, 0.25) is 0 Å². The Morgan fingerprint density at radius 2 is 0.619 bits per heavy atom. The van der Waals surface area contributed by atoms with Gasteiger partial charge in [-0.25, -0.2) is 72.8 Å². The Morgan fingerprint density at radius 1 is 0.320 bits per heavy atom. The number of aryl methyl sites for hydroxylation is 5. The molecule has 0 unspecified atom stereocenters. The molecule has 10 heterocycles. The normalized spacial score (nSPS) is 16.4. The second kappa shape index (κ2) is 39.2. The molecule has 0 atom stereocenters. The Labute approximate surface area is 839 Å². The average Bonchev–Trinajstić information content (AvgIpc) is 1.72.